The number of benzene rings is 1. The Balaban J connectivity index is 2.26. The first-order valence-corrected chi connectivity index (χ1v) is 9.43. The molecule has 7 heteroatoms. The highest BCUT2D eigenvalue weighted by Crippen LogP contribution is 2.39. The molecule has 1 heterocycles. The van der Waals surface area contributed by atoms with Crippen molar-refractivity contribution in [3.05, 3.63) is 23.8 Å². The topological polar surface area (TPSA) is 94.5 Å². The van der Waals surface area contributed by atoms with E-state index in [1.165, 1.54) is 7.11 Å². The Labute approximate surface area is 167 Å². The second kappa shape index (κ2) is 8.19. The van der Waals surface area contributed by atoms with Crippen LogP contribution in [0.1, 0.15) is 50.4 Å². The summed E-state index contributed by atoms with van der Waals surface area (Å²) in [6.45, 7) is 6.48. The highest BCUT2D eigenvalue weighted by molar-refractivity contribution is 6.02. The zero-order valence-corrected chi connectivity index (χ0v) is 17.5. The number of methoxy groups -OCH3 is 1. The highest BCUT2D eigenvalue weighted by atomic mass is 16.5. The number of hydrogen-bond donors (Lipinski definition) is 2. The number of nitrogens with zero attached hydrogens (tertiary/aromatic N) is 2. The van der Waals surface area contributed by atoms with E-state index < -0.39 is 5.54 Å². The van der Waals surface area contributed by atoms with Crippen molar-refractivity contribution < 1.29 is 14.3 Å². The molecule has 1 aliphatic rings. The number of likely N-dealkylation sites (N-methyl/N-ethyl adjacent to an activating group) is 1. The van der Waals surface area contributed by atoms with E-state index >= 15 is 0 Å². The number of carbonyl (C=O) groups is 2. The Kier molecular flexibility index (Phi) is 6.35. The SMILES string of the molecule is CNC(=O)c1ccc(NC(=O)C2(C#N)CCC(CC(C)(C)C)N2C)c(OC)c1. The fraction of sp³-hybridized carbons (Fsp3) is 0.571. The van der Waals surface area contributed by atoms with E-state index in [4.69, 9.17) is 4.74 Å². The molecule has 2 atom stereocenters. The molecular formula is C21H30N4O3. The third-order valence-corrected chi connectivity index (χ3v) is 5.34. The summed E-state index contributed by atoms with van der Waals surface area (Å²) in [5.74, 6) is -0.250. The number of nitriles is 1. The molecular weight excluding hydrogens is 356 g/mol. The van der Waals surface area contributed by atoms with Crippen LogP contribution < -0.4 is 15.4 Å². The van der Waals surface area contributed by atoms with E-state index in [2.05, 4.69) is 37.5 Å². The molecule has 0 bridgehead atoms. The van der Waals surface area contributed by atoms with Gasteiger partial charge in [-0.3, -0.25) is 14.5 Å². The fourth-order valence-electron chi connectivity index (χ4n) is 3.77. The van der Waals surface area contributed by atoms with E-state index in [0.29, 0.717) is 23.4 Å². The van der Waals surface area contributed by atoms with Crippen LogP contribution in [0, 0.1) is 16.7 Å². The van der Waals surface area contributed by atoms with Crippen molar-refractivity contribution in [3.8, 4) is 11.8 Å². The van der Waals surface area contributed by atoms with E-state index in [0.717, 1.165) is 12.8 Å². The van der Waals surface area contributed by atoms with Crippen LogP contribution in [0.25, 0.3) is 0 Å². The molecule has 2 unspecified atom stereocenters. The van der Waals surface area contributed by atoms with E-state index in [1.54, 1.807) is 25.2 Å². The number of ether oxygens (including phenoxy) is 1. The van der Waals surface area contributed by atoms with E-state index in [1.807, 2.05) is 11.9 Å². The van der Waals surface area contributed by atoms with Crippen molar-refractivity contribution >= 4 is 17.5 Å². The minimum Gasteiger partial charge on any atom is -0.495 e. The molecule has 2 rings (SSSR count). The zero-order valence-electron chi connectivity index (χ0n) is 17.5. The van der Waals surface area contributed by atoms with Gasteiger partial charge >= 0.3 is 0 Å². The van der Waals surface area contributed by atoms with Crippen LogP contribution in [0.5, 0.6) is 5.75 Å². The molecule has 0 saturated carbocycles. The molecule has 0 spiro atoms. The Hall–Kier alpha value is -2.59. The van der Waals surface area contributed by atoms with Gasteiger partial charge in [-0.15, -0.1) is 0 Å². The zero-order chi connectivity index (χ0) is 21.1. The van der Waals surface area contributed by atoms with Gasteiger partial charge in [0.15, 0.2) is 5.54 Å². The van der Waals surface area contributed by atoms with Crippen LogP contribution in [0.3, 0.4) is 0 Å². The smallest absolute Gasteiger partial charge is 0.259 e. The van der Waals surface area contributed by atoms with Crippen LogP contribution in [-0.4, -0.2) is 49.5 Å². The van der Waals surface area contributed by atoms with E-state index in [9.17, 15) is 14.9 Å². The number of rotatable bonds is 5. The van der Waals surface area contributed by atoms with E-state index in [-0.39, 0.29) is 23.3 Å². The molecule has 0 aliphatic carbocycles. The number of carbonyl (C=O) groups excluding carboxylic acids is 2. The lowest BCUT2D eigenvalue weighted by atomic mass is 9.87. The first-order chi connectivity index (χ1) is 13.1. The first-order valence-electron chi connectivity index (χ1n) is 9.43. The van der Waals surface area contributed by atoms with Gasteiger partial charge in [0.2, 0.25) is 0 Å². The molecule has 2 amide bonds. The Bertz CT molecular complexity index is 794. The number of amides is 2. The quantitative estimate of drug-likeness (QED) is 0.811. The number of likely N-dealkylation sites (tertiary alicyclic amines) is 1. The lowest BCUT2D eigenvalue weighted by molar-refractivity contribution is -0.123. The van der Waals surface area contributed by atoms with Gasteiger partial charge in [-0.2, -0.15) is 5.26 Å². The van der Waals surface area contributed by atoms with Gasteiger partial charge in [0.05, 0.1) is 18.9 Å². The predicted octanol–water partition coefficient (Wildman–Crippen LogP) is 2.79. The molecule has 1 aromatic rings. The summed E-state index contributed by atoms with van der Waals surface area (Å²) < 4.78 is 5.33. The van der Waals surface area contributed by atoms with Gasteiger partial charge in [0, 0.05) is 18.7 Å². The summed E-state index contributed by atoms with van der Waals surface area (Å²) in [6, 6.07) is 7.21. The van der Waals surface area contributed by atoms with Crippen molar-refractivity contribution in [1.29, 1.82) is 5.26 Å². The second-order valence-electron chi connectivity index (χ2n) is 8.49. The predicted molar refractivity (Wildman–Crippen MR) is 108 cm³/mol. The first kappa shape index (κ1) is 21.7. The van der Waals surface area contributed by atoms with Crippen molar-refractivity contribution in [1.82, 2.24) is 10.2 Å². The molecule has 1 aromatic carbocycles. The fourth-order valence-corrected chi connectivity index (χ4v) is 3.77. The maximum Gasteiger partial charge on any atom is 0.259 e. The van der Waals surface area contributed by atoms with Gasteiger partial charge < -0.3 is 15.4 Å². The number of anilines is 1. The molecule has 7 nitrogen and oxygen atoms in total. The summed E-state index contributed by atoms with van der Waals surface area (Å²) in [5.41, 5.74) is -0.252. The molecule has 0 aromatic heterocycles. The average molecular weight is 386 g/mol. The summed E-state index contributed by atoms with van der Waals surface area (Å²) in [6.07, 6.45) is 2.18. The number of hydrogen-bond acceptors (Lipinski definition) is 5. The highest BCUT2D eigenvalue weighted by Gasteiger charge is 2.51. The molecule has 1 aliphatic heterocycles. The lowest BCUT2D eigenvalue weighted by Gasteiger charge is -2.34. The van der Waals surface area contributed by atoms with Crippen LogP contribution in [0.2, 0.25) is 0 Å². The largest absolute Gasteiger partial charge is 0.495 e. The Morgan fingerprint density at radius 2 is 2.07 bits per heavy atom. The van der Waals surface area contributed by atoms with Crippen molar-refractivity contribution in [2.75, 3.05) is 26.5 Å². The Morgan fingerprint density at radius 3 is 2.61 bits per heavy atom. The summed E-state index contributed by atoms with van der Waals surface area (Å²) in [7, 11) is 4.86. The molecule has 152 valence electrons. The monoisotopic (exact) mass is 386 g/mol. The molecule has 1 fully saturated rings. The minimum absolute atomic E-state index is 0.111. The molecule has 0 radical (unpaired) electrons. The van der Waals surface area contributed by atoms with Crippen LogP contribution in [-0.2, 0) is 4.79 Å². The average Bonchev–Trinajstić information content (AvgIpc) is 2.96. The maximum atomic E-state index is 13.1. The van der Waals surface area contributed by atoms with Gasteiger partial charge in [-0.25, -0.2) is 0 Å². The van der Waals surface area contributed by atoms with Gasteiger partial charge in [0.1, 0.15) is 5.75 Å². The maximum absolute atomic E-state index is 13.1. The normalized spacial score (nSPS) is 22.4. The molecule has 1 saturated heterocycles. The van der Waals surface area contributed by atoms with Gasteiger partial charge in [0.25, 0.3) is 11.8 Å². The second-order valence-corrected chi connectivity index (χ2v) is 8.49. The van der Waals surface area contributed by atoms with Crippen molar-refractivity contribution in [2.24, 2.45) is 5.41 Å². The van der Waals surface area contributed by atoms with Crippen LogP contribution in [0.15, 0.2) is 18.2 Å². The van der Waals surface area contributed by atoms with Gasteiger partial charge in [-0.1, -0.05) is 20.8 Å². The lowest BCUT2D eigenvalue weighted by Crippen LogP contribution is -2.53. The van der Waals surface area contributed by atoms with Gasteiger partial charge in [-0.05, 0) is 49.9 Å². The Morgan fingerprint density at radius 1 is 1.39 bits per heavy atom. The van der Waals surface area contributed by atoms with Crippen molar-refractivity contribution in [2.45, 2.75) is 51.6 Å². The molecule has 28 heavy (non-hydrogen) atoms. The van der Waals surface area contributed by atoms with Crippen LogP contribution in [0.4, 0.5) is 5.69 Å². The third-order valence-electron chi connectivity index (χ3n) is 5.34. The minimum atomic E-state index is -1.22. The third kappa shape index (κ3) is 4.28. The molecule has 2 N–H and O–H groups in total. The number of nitrogens with one attached hydrogen (secondary N) is 2. The summed E-state index contributed by atoms with van der Waals surface area (Å²) >= 11 is 0. The summed E-state index contributed by atoms with van der Waals surface area (Å²) in [4.78, 5) is 26.8. The van der Waals surface area contributed by atoms with Crippen LogP contribution >= 0.6 is 0 Å². The standard InChI is InChI=1S/C21H30N4O3/c1-20(2,3)12-15-9-10-21(13-22,25(15)5)19(27)24-16-8-7-14(18(26)23-4)11-17(16)28-6/h7-8,11,15H,9-10,12H2,1-6H3,(H,23,26)(H,24,27). The summed E-state index contributed by atoms with van der Waals surface area (Å²) in [5, 5.41) is 15.3. The van der Waals surface area contributed by atoms with Crippen molar-refractivity contribution in [3.63, 3.8) is 0 Å².